The second-order valence-corrected chi connectivity index (χ2v) is 7.18. The van der Waals surface area contributed by atoms with Gasteiger partial charge in [0, 0.05) is 17.9 Å². The molecule has 0 fully saturated rings. The normalized spacial score (nSPS) is 13.3. The minimum Gasteiger partial charge on any atom is -1.00 e. The summed E-state index contributed by atoms with van der Waals surface area (Å²) in [5.41, 5.74) is 4.07. The molecule has 0 radical (unpaired) electrons. The molecule has 0 N–H and O–H groups in total. The van der Waals surface area contributed by atoms with E-state index in [9.17, 15) is 4.39 Å². The Bertz CT molecular complexity index is 845. The van der Waals surface area contributed by atoms with Crippen molar-refractivity contribution in [2.45, 2.75) is 26.8 Å². The highest BCUT2D eigenvalue weighted by Crippen LogP contribution is 2.34. The highest BCUT2D eigenvalue weighted by atomic mass is 35.5. The largest absolute Gasteiger partial charge is 1.00 e. The highest BCUT2D eigenvalue weighted by Gasteiger charge is 2.30. The molecule has 0 aromatic heterocycles. The van der Waals surface area contributed by atoms with E-state index in [0.717, 1.165) is 24.3 Å². The zero-order chi connectivity index (χ0) is 18.8. The van der Waals surface area contributed by atoms with Crippen LogP contribution in [0.2, 0.25) is 5.02 Å². The molecule has 1 aliphatic rings. The van der Waals surface area contributed by atoms with Gasteiger partial charge >= 0.3 is 0 Å². The minimum atomic E-state index is -0.265. The van der Waals surface area contributed by atoms with Gasteiger partial charge < -0.3 is 21.9 Å². The molecule has 0 amide bonds. The van der Waals surface area contributed by atoms with E-state index < -0.39 is 0 Å². The summed E-state index contributed by atoms with van der Waals surface area (Å²) in [6.45, 7) is 5.56. The Morgan fingerprint density at radius 1 is 1.15 bits per heavy atom. The Kier molecular flexibility index (Phi) is 7.12. The number of hydrogen-bond acceptors (Lipinski definition) is 2. The van der Waals surface area contributed by atoms with E-state index in [1.165, 1.54) is 17.3 Å². The van der Waals surface area contributed by atoms with E-state index in [-0.39, 0.29) is 24.1 Å². The SMILES string of the molecule is COc1cc2c(cc1OC)C(C(C)C)=[N+](Cc1c(F)cccc1Cl)CC2.[Cl-]. The highest BCUT2D eigenvalue weighted by molar-refractivity contribution is 6.31. The Morgan fingerprint density at radius 2 is 1.81 bits per heavy atom. The summed E-state index contributed by atoms with van der Waals surface area (Å²) in [5.74, 6) is 1.45. The van der Waals surface area contributed by atoms with Gasteiger partial charge in [0.15, 0.2) is 23.8 Å². The van der Waals surface area contributed by atoms with Crippen molar-refractivity contribution < 1.29 is 30.8 Å². The van der Waals surface area contributed by atoms with Crippen molar-refractivity contribution >= 4 is 17.3 Å². The molecule has 0 atom stereocenters. The molecule has 3 rings (SSSR count). The first-order chi connectivity index (χ1) is 12.5. The quantitative estimate of drug-likeness (QED) is 0.698. The van der Waals surface area contributed by atoms with Crippen LogP contribution in [0.3, 0.4) is 0 Å². The smallest absolute Gasteiger partial charge is 0.186 e. The van der Waals surface area contributed by atoms with Crippen LogP contribution in [-0.4, -0.2) is 31.1 Å². The van der Waals surface area contributed by atoms with E-state index in [4.69, 9.17) is 21.1 Å². The first-order valence-electron chi connectivity index (χ1n) is 8.76. The van der Waals surface area contributed by atoms with Gasteiger partial charge in [0.25, 0.3) is 0 Å². The third-order valence-electron chi connectivity index (χ3n) is 4.83. The molecule has 0 unspecified atom stereocenters. The maximum Gasteiger partial charge on any atom is 0.186 e. The van der Waals surface area contributed by atoms with Crippen LogP contribution in [-0.2, 0) is 13.0 Å². The molecule has 2 aromatic rings. The summed E-state index contributed by atoms with van der Waals surface area (Å²) in [6.07, 6.45) is 0.859. The van der Waals surface area contributed by atoms with Gasteiger partial charge in [-0.15, -0.1) is 0 Å². The molecule has 0 bridgehead atoms. The van der Waals surface area contributed by atoms with Crippen LogP contribution in [0.1, 0.15) is 30.5 Å². The Labute approximate surface area is 171 Å². The number of hydrogen-bond donors (Lipinski definition) is 0. The molecule has 1 aliphatic heterocycles. The molecule has 0 spiro atoms. The topological polar surface area (TPSA) is 21.5 Å². The van der Waals surface area contributed by atoms with E-state index in [2.05, 4.69) is 18.4 Å². The third-order valence-corrected chi connectivity index (χ3v) is 5.19. The second kappa shape index (κ2) is 8.94. The van der Waals surface area contributed by atoms with E-state index in [0.29, 0.717) is 22.9 Å². The molecule has 0 saturated carbocycles. The lowest BCUT2D eigenvalue weighted by Gasteiger charge is -2.23. The van der Waals surface area contributed by atoms with Gasteiger partial charge in [-0.1, -0.05) is 31.5 Å². The summed E-state index contributed by atoms with van der Waals surface area (Å²) in [5, 5.41) is 0.464. The predicted octanol–water partition coefficient (Wildman–Crippen LogP) is 1.71. The molecule has 27 heavy (non-hydrogen) atoms. The summed E-state index contributed by atoms with van der Waals surface area (Å²) in [4.78, 5) is 0. The molecule has 0 aliphatic carbocycles. The van der Waals surface area contributed by atoms with Crippen LogP contribution in [0.15, 0.2) is 30.3 Å². The van der Waals surface area contributed by atoms with Crippen molar-refractivity contribution in [2.75, 3.05) is 20.8 Å². The number of benzene rings is 2. The number of rotatable bonds is 5. The number of halogens is 3. The molecule has 3 nitrogen and oxygen atoms in total. The van der Waals surface area contributed by atoms with Crippen LogP contribution in [0, 0.1) is 11.7 Å². The molecular weight excluding hydrogens is 388 g/mol. The van der Waals surface area contributed by atoms with E-state index in [1.54, 1.807) is 26.4 Å². The fourth-order valence-electron chi connectivity index (χ4n) is 3.63. The summed E-state index contributed by atoms with van der Waals surface area (Å²) in [7, 11) is 3.28. The second-order valence-electron chi connectivity index (χ2n) is 6.78. The van der Waals surface area contributed by atoms with Crippen molar-refractivity contribution in [3.63, 3.8) is 0 Å². The van der Waals surface area contributed by atoms with E-state index >= 15 is 0 Å². The Morgan fingerprint density at radius 3 is 2.41 bits per heavy atom. The summed E-state index contributed by atoms with van der Waals surface area (Å²) < 4.78 is 27.4. The van der Waals surface area contributed by atoms with Gasteiger partial charge in [0.2, 0.25) is 0 Å². The molecule has 2 aromatic carbocycles. The number of nitrogens with zero attached hydrogens (tertiary/aromatic N) is 1. The van der Waals surface area contributed by atoms with Gasteiger partial charge in [-0.3, -0.25) is 0 Å². The fraction of sp³-hybridized carbons (Fsp3) is 0.381. The van der Waals surface area contributed by atoms with Crippen molar-refractivity contribution in [3.8, 4) is 11.5 Å². The lowest BCUT2D eigenvalue weighted by molar-refractivity contribution is -0.547. The molecular formula is C21H24Cl2FNO2. The average Bonchev–Trinajstić information content (AvgIpc) is 2.62. The number of fused-ring (bicyclic) bond motifs is 1. The molecule has 6 heteroatoms. The van der Waals surface area contributed by atoms with Gasteiger partial charge in [0.1, 0.15) is 12.4 Å². The zero-order valence-electron chi connectivity index (χ0n) is 16.0. The van der Waals surface area contributed by atoms with Crippen LogP contribution >= 0.6 is 11.6 Å². The molecule has 146 valence electrons. The maximum absolute atomic E-state index is 14.3. The molecule has 0 saturated heterocycles. The minimum absolute atomic E-state index is 0. The van der Waals surface area contributed by atoms with Gasteiger partial charge in [0.05, 0.1) is 24.8 Å². The number of methoxy groups -OCH3 is 2. The van der Waals surface area contributed by atoms with E-state index in [1.807, 2.05) is 12.1 Å². The first kappa shape index (κ1) is 21.5. The van der Waals surface area contributed by atoms with Crippen LogP contribution in [0.25, 0.3) is 0 Å². The van der Waals surface area contributed by atoms with Crippen molar-refractivity contribution in [3.05, 3.63) is 57.9 Å². The van der Waals surface area contributed by atoms with Crippen molar-refractivity contribution in [1.29, 1.82) is 0 Å². The Balaban J connectivity index is 0.00000261. The predicted molar refractivity (Wildman–Crippen MR) is 102 cm³/mol. The average molecular weight is 412 g/mol. The number of ether oxygens (including phenoxy) is 2. The maximum atomic E-state index is 14.3. The monoisotopic (exact) mass is 411 g/mol. The van der Waals surface area contributed by atoms with Crippen molar-refractivity contribution in [2.24, 2.45) is 5.92 Å². The fourth-order valence-corrected chi connectivity index (χ4v) is 3.85. The van der Waals surface area contributed by atoms with Crippen LogP contribution in [0.4, 0.5) is 4.39 Å². The van der Waals surface area contributed by atoms with Crippen LogP contribution in [0.5, 0.6) is 11.5 Å². The third kappa shape index (κ3) is 4.22. The first-order valence-corrected chi connectivity index (χ1v) is 9.14. The zero-order valence-corrected chi connectivity index (χ0v) is 17.5. The molecule has 1 heterocycles. The van der Waals surface area contributed by atoms with Crippen LogP contribution < -0.4 is 21.9 Å². The van der Waals surface area contributed by atoms with Crippen molar-refractivity contribution in [1.82, 2.24) is 0 Å². The van der Waals surface area contributed by atoms with Gasteiger partial charge in [-0.2, -0.15) is 0 Å². The summed E-state index contributed by atoms with van der Waals surface area (Å²) >= 11 is 6.25. The summed E-state index contributed by atoms with van der Waals surface area (Å²) in [6, 6.07) is 8.91. The lowest BCUT2D eigenvalue weighted by atomic mass is 9.90. The standard InChI is InChI=1S/C21H24ClFNO2.ClH/c1-13(2)21-15-11-20(26-4)19(25-3)10-14(15)8-9-24(21)12-16-17(22)6-5-7-18(16)23;/h5-7,10-11,13H,8-9,12H2,1-4H3;1H/q+1;/p-1. The lowest BCUT2D eigenvalue weighted by Crippen LogP contribution is -3.00. The Hall–Kier alpha value is -1.78. The van der Waals surface area contributed by atoms with Gasteiger partial charge in [-0.05, 0) is 29.8 Å². The van der Waals surface area contributed by atoms with Gasteiger partial charge in [-0.25, -0.2) is 8.97 Å².